The molecule has 1 heterocycles. The predicted molar refractivity (Wildman–Crippen MR) is 75.8 cm³/mol. The van der Waals surface area contributed by atoms with E-state index in [1.54, 1.807) is 31.0 Å². The minimum Gasteiger partial charge on any atom is -0.338 e. The Balaban J connectivity index is 2.28. The van der Waals surface area contributed by atoms with Crippen LogP contribution in [0.1, 0.15) is 28.8 Å². The van der Waals surface area contributed by atoms with Crippen LogP contribution in [0.5, 0.6) is 0 Å². The maximum atomic E-state index is 12.5. The first-order chi connectivity index (χ1) is 9.52. The van der Waals surface area contributed by atoms with Gasteiger partial charge in [-0.2, -0.15) is 0 Å². The standard InChI is InChI=1S/C14H19N3O3/c1-10-4-3-5-12(13(10)17(19)20)14(18)16(2)11-6-8-15-9-7-11/h3-5,11,15H,6-9H2,1-2H3. The minimum atomic E-state index is -0.473. The van der Waals surface area contributed by atoms with E-state index in [4.69, 9.17) is 0 Å². The lowest BCUT2D eigenvalue weighted by Gasteiger charge is -2.31. The van der Waals surface area contributed by atoms with Crippen molar-refractivity contribution in [3.8, 4) is 0 Å². The molecule has 0 spiro atoms. The molecular weight excluding hydrogens is 258 g/mol. The average molecular weight is 277 g/mol. The summed E-state index contributed by atoms with van der Waals surface area (Å²) in [6.45, 7) is 3.40. The topological polar surface area (TPSA) is 75.5 Å². The Hall–Kier alpha value is -1.95. The van der Waals surface area contributed by atoms with E-state index < -0.39 is 4.92 Å². The first kappa shape index (κ1) is 14.5. The number of nitrogens with one attached hydrogen (secondary N) is 1. The zero-order valence-electron chi connectivity index (χ0n) is 11.8. The summed E-state index contributed by atoms with van der Waals surface area (Å²) in [5.41, 5.74) is 0.605. The Morgan fingerprint density at radius 1 is 1.40 bits per heavy atom. The summed E-state index contributed by atoms with van der Waals surface area (Å²) in [5, 5.41) is 14.4. The van der Waals surface area contributed by atoms with Gasteiger partial charge in [-0.25, -0.2) is 0 Å². The monoisotopic (exact) mass is 277 g/mol. The molecule has 0 bridgehead atoms. The average Bonchev–Trinajstić information content (AvgIpc) is 2.46. The summed E-state index contributed by atoms with van der Waals surface area (Å²) < 4.78 is 0. The number of nitro groups is 1. The number of aryl methyl sites for hydroxylation is 1. The van der Waals surface area contributed by atoms with E-state index in [9.17, 15) is 14.9 Å². The Morgan fingerprint density at radius 2 is 2.05 bits per heavy atom. The number of carbonyl (C=O) groups is 1. The van der Waals surface area contributed by atoms with Crippen molar-refractivity contribution in [3.05, 3.63) is 39.4 Å². The molecule has 1 aliphatic heterocycles. The van der Waals surface area contributed by atoms with Gasteiger partial charge in [0.2, 0.25) is 0 Å². The predicted octanol–water partition coefficient (Wildman–Crippen LogP) is 1.73. The molecule has 0 saturated carbocycles. The van der Waals surface area contributed by atoms with Gasteiger partial charge in [0, 0.05) is 18.7 Å². The third kappa shape index (κ3) is 2.80. The summed E-state index contributed by atoms with van der Waals surface area (Å²) in [6.07, 6.45) is 1.75. The van der Waals surface area contributed by atoms with Crippen molar-refractivity contribution in [1.82, 2.24) is 10.2 Å². The van der Waals surface area contributed by atoms with Crippen molar-refractivity contribution in [1.29, 1.82) is 0 Å². The van der Waals surface area contributed by atoms with E-state index in [2.05, 4.69) is 5.32 Å². The highest BCUT2D eigenvalue weighted by Crippen LogP contribution is 2.25. The lowest BCUT2D eigenvalue weighted by molar-refractivity contribution is -0.385. The van der Waals surface area contributed by atoms with E-state index >= 15 is 0 Å². The van der Waals surface area contributed by atoms with Gasteiger partial charge in [0.05, 0.1) is 4.92 Å². The number of amides is 1. The molecule has 0 radical (unpaired) electrons. The fourth-order valence-electron chi connectivity index (χ4n) is 2.62. The van der Waals surface area contributed by atoms with E-state index in [1.807, 2.05) is 0 Å². The van der Waals surface area contributed by atoms with Crippen LogP contribution in [0.25, 0.3) is 0 Å². The third-order valence-corrected chi connectivity index (χ3v) is 3.83. The quantitative estimate of drug-likeness (QED) is 0.674. The molecule has 0 atom stereocenters. The van der Waals surface area contributed by atoms with Crippen molar-refractivity contribution < 1.29 is 9.72 Å². The number of para-hydroxylation sites is 1. The molecule has 6 heteroatoms. The van der Waals surface area contributed by atoms with Crippen LogP contribution in [0.3, 0.4) is 0 Å². The second-order valence-electron chi connectivity index (χ2n) is 5.13. The van der Waals surface area contributed by atoms with Gasteiger partial charge < -0.3 is 10.2 Å². The molecule has 6 nitrogen and oxygen atoms in total. The molecule has 1 saturated heterocycles. The molecule has 1 aromatic carbocycles. The summed E-state index contributed by atoms with van der Waals surface area (Å²) in [5.74, 6) is -0.271. The van der Waals surface area contributed by atoms with E-state index in [0.717, 1.165) is 25.9 Å². The van der Waals surface area contributed by atoms with Crippen molar-refractivity contribution in [2.24, 2.45) is 0 Å². The summed E-state index contributed by atoms with van der Waals surface area (Å²) in [6, 6.07) is 5.01. The van der Waals surface area contributed by atoms with Crippen molar-refractivity contribution in [2.75, 3.05) is 20.1 Å². The Morgan fingerprint density at radius 3 is 2.65 bits per heavy atom. The first-order valence-electron chi connectivity index (χ1n) is 6.74. The Labute approximate surface area is 117 Å². The van der Waals surface area contributed by atoms with Gasteiger partial charge in [-0.05, 0) is 38.9 Å². The molecule has 1 N–H and O–H groups in total. The molecule has 1 fully saturated rings. The lowest BCUT2D eigenvalue weighted by Crippen LogP contribution is -2.44. The number of piperidine rings is 1. The number of hydrogen-bond acceptors (Lipinski definition) is 4. The molecule has 1 aromatic rings. The highest BCUT2D eigenvalue weighted by Gasteiger charge is 2.28. The highest BCUT2D eigenvalue weighted by atomic mass is 16.6. The van der Waals surface area contributed by atoms with Gasteiger partial charge in [-0.15, -0.1) is 0 Å². The number of nitro benzene ring substituents is 1. The highest BCUT2D eigenvalue weighted by molar-refractivity contribution is 5.98. The summed E-state index contributed by atoms with van der Waals surface area (Å²) in [4.78, 5) is 24.9. The van der Waals surface area contributed by atoms with E-state index in [0.29, 0.717) is 5.56 Å². The number of benzene rings is 1. The molecule has 108 valence electrons. The normalized spacial score (nSPS) is 15.9. The molecule has 0 aromatic heterocycles. The number of nitrogens with zero attached hydrogens (tertiary/aromatic N) is 2. The van der Waals surface area contributed by atoms with Crippen molar-refractivity contribution in [2.45, 2.75) is 25.8 Å². The number of carbonyl (C=O) groups excluding carboxylic acids is 1. The van der Waals surface area contributed by atoms with Crippen LogP contribution in [0.2, 0.25) is 0 Å². The fourth-order valence-corrected chi connectivity index (χ4v) is 2.62. The minimum absolute atomic E-state index is 0.0849. The summed E-state index contributed by atoms with van der Waals surface area (Å²) >= 11 is 0. The van der Waals surface area contributed by atoms with Crippen LogP contribution >= 0.6 is 0 Å². The summed E-state index contributed by atoms with van der Waals surface area (Å²) in [7, 11) is 1.73. The third-order valence-electron chi connectivity index (χ3n) is 3.83. The molecule has 0 unspecified atom stereocenters. The molecule has 1 aliphatic rings. The van der Waals surface area contributed by atoms with Crippen LogP contribution < -0.4 is 5.32 Å². The van der Waals surface area contributed by atoms with Crippen LogP contribution in [0.15, 0.2) is 18.2 Å². The smallest absolute Gasteiger partial charge is 0.285 e. The van der Waals surface area contributed by atoms with E-state index in [-0.39, 0.29) is 23.2 Å². The maximum absolute atomic E-state index is 12.5. The van der Waals surface area contributed by atoms with Crippen molar-refractivity contribution >= 4 is 11.6 Å². The lowest BCUT2D eigenvalue weighted by atomic mass is 10.0. The second kappa shape index (κ2) is 6.00. The molecule has 2 rings (SSSR count). The van der Waals surface area contributed by atoms with Crippen LogP contribution in [-0.4, -0.2) is 41.9 Å². The Bertz CT molecular complexity index is 524. The van der Waals surface area contributed by atoms with Gasteiger partial charge in [-0.3, -0.25) is 14.9 Å². The van der Waals surface area contributed by atoms with Gasteiger partial charge >= 0.3 is 0 Å². The second-order valence-corrected chi connectivity index (χ2v) is 5.13. The Kier molecular flexibility index (Phi) is 4.34. The molecule has 0 aliphatic carbocycles. The van der Waals surface area contributed by atoms with Crippen LogP contribution in [0, 0.1) is 17.0 Å². The SMILES string of the molecule is Cc1cccc(C(=O)N(C)C2CCNCC2)c1[N+](=O)[O-]. The van der Waals surface area contributed by atoms with Gasteiger partial charge in [0.1, 0.15) is 5.56 Å². The zero-order chi connectivity index (χ0) is 14.7. The van der Waals surface area contributed by atoms with Gasteiger partial charge in [0.25, 0.3) is 11.6 Å². The zero-order valence-corrected chi connectivity index (χ0v) is 11.8. The van der Waals surface area contributed by atoms with Crippen LogP contribution in [-0.2, 0) is 0 Å². The number of rotatable bonds is 3. The largest absolute Gasteiger partial charge is 0.338 e. The van der Waals surface area contributed by atoms with Crippen LogP contribution in [0.4, 0.5) is 5.69 Å². The molecule has 1 amide bonds. The fraction of sp³-hybridized carbons (Fsp3) is 0.500. The maximum Gasteiger partial charge on any atom is 0.285 e. The number of hydrogen-bond donors (Lipinski definition) is 1. The molecule has 20 heavy (non-hydrogen) atoms. The first-order valence-corrected chi connectivity index (χ1v) is 6.74. The van der Waals surface area contributed by atoms with E-state index in [1.165, 1.54) is 6.07 Å². The van der Waals surface area contributed by atoms with Gasteiger partial charge in [-0.1, -0.05) is 12.1 Å². The van der Waals surface area contributed by atoms with Crippen molar-refractivity contribution in [3.63, 3.8) is 0 Å². The van der Waals surface area contributed by atoms with Gasteiger partial charge in [0.15, 0.2) is 0 Å². The molecular formula is C14H19N3O3.